The zero-order valence-corrected chi connectivity index (χ0v) is 13.9. The van der Waals surface area contributed by atoms with Crippen molar-refractivity contribution < 1.29 is 9.53 Å². The molecule has 4 heteroatoms. The second-order valence-electron chi connectivity index (χ2n) is 5.56. The molecule has 1 aromatic rings. The third-order valence-electron chi connectivity index (χ3n) is 4.22. The van der Waals surface area contributed by atoms with Gasteiger partial charge in [-0.15, -0.1) is 0 Å². The van der Waals surface area contributed by atoms with E-state index in [-0.39, 0.29) is 12.0 Å². The van der Waals surface area contributed by atoms with Crippen LogP contribution in [0.2, 0.25) is 0 Å². The molecule has 0 N–H and O–H groups in total. The van der Waals surface area contributed by atoms with E-state index in [4.69, 9.17) is 4.74 Å². The van der Waals surface area contributed by atoms with Crippen molar-refractivity contribution in [3.05, 3.63) is 35.7 Å². The van der Waals surface area contributed by atoms with Crippen molar-refractivity contribution in [2.75, 3.05) is 12.4 Å². The Balaban J connectivity index is 2.24. The molecule has 0 unspecified atom stereocenters. The van der Waals surface area contributed by atoms with Crippen molar-refractivity contribution in [1.29, 1.82) is 0 Å². The van der Waals surface area contributed by atoms with Crippen LogP contribution in [-0.4, -0.2) is 23.0 Å². The van der Waals surface area contributed by atoms with Crippen molar-refractivity contribution in [1.82, 2.24) is 4.57 Å². The number of nitrogens with zero attached hydrogens (tertiary/aromatic N) is 1. The van der Waals surface area contributed by atoms with Gasteiger partial charge in [0.2, 0.25) is 0 Å². The molecule has 0 bridgehead atoms. The zero-order chi connectivity index (χ0) is 14.8. The van der Waals surface area contributed by atoms with E-state index in [2.05, 4.69) is 58.6 Å². The van der Waals surface area contributed by atoms with Gasteiger partial charge in [-0.2, -0.15) is 0 Å². The number of hydrogen-bond acceptors (Lipinski definition) is 2. The van der Waals surface area contributed by atoms with E-state index < -0.39 is 5.41 Å². The molecule has 1 aromatic heterocycles. The van der Waals surface area contributed by atoms with Crippen molar-refractivity contribution in [2.45, 2.75) is 39.2 Å². The Morgan fingerprint density at radius 1 is 1.45 bits per heavy atom. The monoisotopic (exact) mass is 339 g/mol. The van der Waals surface area contributed by atoms with Crippen LogP contribution >= 0.6 is 15.9 Å². The SMILES string of the molecule is COC(=O)[C@@]1(CCCBr)C=C[C@@H](n2c(C)ccc2C)C1. The molecule has 0 saturated carbocycles. The molecule has 1 aliphatic carbocycles. The van der Waals surface area contributed by atoms with Crippen LogP contribution in [-0.2, 0) is 9.53 Å². The van der Waals surface area contributed by atoms with Gasteiger partial charge in [-0.25, -0.2) is 0 Å². The van der Waals surface area contributed by atoms with Gasteiger partial charge in [0.1, 0.15) is 0 Å². The summed E-state index contributed by atoms with van der Waals surface area (Å²) in [5.41, 5.74) is 2.01. The van der Waals surface area contributed by atoms with E-state index in [9.17, 15) is 4.79 Å². The second-order valence-corrected chi connectivity index (χ2v) is 6.35. The predicted octanol–water partition coefficient (Wildman–Crippen LogP) is 3.94. The molecule has 2 atom stereocenters. The number of alkyl halides is 1. The zero-order valence-electron chi connectivity index (χ0n) is 12.4. The third-order valence-corrected chi connectivity index (χ3v) is 4.78. The fourth-order valence-corrected chi connectivity index (χ4v) is 3.49. The van der Waals surface area contributed by atoms with Crippen LogP contribution in [0.1, 0.15) is 36.7 Å². The quantitative estimate of drug-likeness (QED) is 0.462. The lowest BCUT2D eigenvalue weighted by Gasteiger charge is -2.27. The molecule has 110 valence electrons. The lowest BCUT2D eigenvalue weighted by Crippen LogP contribution is -2.30. The van der Waals surface area contributed by atoms with Crippen LogP contribution < -0.4 is 0 Å². The molecule has 1 aliphatic rings. The van der Waals surface area contributed by atoms with Gasteiger partial charge in [-0.1, -0.05) is 28.1 Å². The number of rotatable bonds is 5. The van der Waals surface area contributed by atoms with Gasteiger partial charge in [0.15, 0.2) is 0 Å². The Bertz CT molecular complexity index is 501. The van der Waals surface area contributed by atoms with Crippen molar-refractivity contribution >= 4 is 21.9 Å². The summed E-state index contributed by atoms with van der Waals surface area (Å²) < 4.78 is 7.35. The summed E-state index contributed by atoms with van der Waals surface area (Å²) in [6.45, 7) is 4.22. The molecule has 1 heterocycles. The summed E-state index contributed by atoms with van der Waals surface area (Å²) in [4.78, 5) is 12.2. The first kappa shape index (κ1) is 15.4. The topological polar surface area (TPSA) is 31.2 Å². The molecular weight excluding hydrogens is 318 g/mol. The van der Waals surface area contributed by atoms with Gasteiger partial charge >= 0.3 is 5.97 Å². The highest BCUT2D eigenvalue weighted by Gasteiger charge is 2.42. The Hall–Kier alpha value is -1.03. The third kappa shape index (κ3) is 2.71. The van der Waals surface area contributed by atoms with Crippen LogP contribution in [0.15, 0.2) is 24.3 Å². The first-order valence-corrected chi connectivity index (χ1v) is 8.14. The Kier molecular flexibility index (Phi) is 4.74. The highest BCUT2D eigenvalue weighted by molar-refractivity contribution is 9.09. The molecule has 0 saturated heterocycles. The fraction of sp³-hybridized carbons (Fsp3) is 0.562. The smallest absolute Gasteiger partial charge is 0.315 e. The number of carbonyl (C=O) groups is 1. The minimum absolute atomic E-state index is 0.111. The van der Waals surface area contributed by atoms with E-state index in [1.807, 2.05) is 0 Å². The van der Waals surface area contributed by atoms with Gasteiger partial charge in [0.05, 0.1) is 18.6 Å². The number of halogens is 1. The summed E-state index contributed by atoms with van der Waals surface area (Å²) in [5.74, 6) is -0.111. The average molecular weight is 340 g/mol. The van der Waals surface area contributed by atoms with Gasteiger partial charge in [0.25, 0.3) is 0 Å². The second kappa shape index (κ2) is 6.17. The van der Waals surface area contributed by atoms with Gasteiger partial charge in [-0.05, 0) is 45.2 Å². The highest BCUT2D eigenvalue weighted by atomic mass is 79.9. The highest BCUT2D eigenvalue weighted by Crippen LogP contribution is 2.43. The van der Waals surface area contributed by atoms with E-state index in [0.29, 0.717) is 0 Å². The normalized spacial score (nSPS) is 25.1. The largest absolute Gasteiger partial charge is 0.468 e. The van der Waals surface area contributed by atoms with E-state index in [1.54, 1.807) is 0 Å². The van der Waals surface area contributed by atoms with Gasteiger partial charge in [0, 0.05) is 16.7 Å². The molecule has 20 heavy (non-hydrogen) atoms. The lowest BCUT2D eigenvalue weighted by atomic mass is 9.82. The van der Waals surface area contributed by atoms with Crippen molar-refractivity contribution in [2.24, 2.45) is 5.41 Å². The number of methoxy groups -OCH3 is 1. The number of ether oxygens (including phenoxy) is 1. The Labute approximate surface area is 129 Å². The number of hydrogen-bond donors (Lipinski definition) is 0. The Morgan fingerprint density at radius 3 is 2.65 bits per heavy atom. The fourth-order valence-electron chi connectivity index (χ4n) is 3.21. The Morgan fingerprint density at radius 2 is 2.10 bits per heavy atom. The van der Waals surface area contributed by atoms with Crippen molar-refractivity contribution in [3.63, 3.8) is 0 Å². The summed E-state index contributed by atoms with van der Waals surface area (Å²) in [5, 5.41) is 0.909. The summed E-state index contributed by atoms with van der Waals surface area (Å²) in [6.07, 6.45) is 6.81. The minimum atomic E-state index is -0.462. The van der Waals surface area contributed by atoms with Gasteiger partial charge < -0.3 is 9.30 Å². The number of aromatic nitrogens is 1. The molecule has 0 aliphatic heterocycles. The molecule has 0 spiro atoms. The molecule has 3 nitrogen and oxygen atoms in total. The number of esters is 1. The molecule has 0 amide bonds. The van der Waals surface area contributed by atoms with Gasteiger partial charge in [-0.3, -0.25) is 4.79 Å². The average Bonchev–Trinajstić information content (AvgIpc) is 3.00. The summed E-state index contributed by atoms with van der Waals surface area (Å²) >= 11 is 3.45. The molecule has 0 fully saturated rings. The maximum Gasteiger partial charge on any atom is 0.315 e. The van der Waals surface area contributed by atoms with E-state index in [1.165, 1.54) is 18.5 Å². The number of aryl methyl sites for hydroxylation is 2. The molecule has 2 rings (SSSR count). The molecular formula is C16H22BrNO2. The molecule has 0 radical (unpaired) electrons. The minimum Gasteiger partial charge on any atom is -0.468 e. The van der Waals surface area contributed by atoms with E-state index >= 15 is 0 Å². The van der Waals surface area contributed by atoms with Crippen LogP contribution in [0.3, 0.4) is 0 Å². The number of allylic oxidation sites excluding steroid dienone is 1. The number of carbonyl (C=O) groups excluding carboxylic acids is 1. The molecule has 0 aromatic carbocycles. The van der Waals surface area contributed by atoms with Crippen LogP contribution in [0, 0.1) is 19.3 Å². The first-order valence-electron chi connectivity index (χ1n) is 7.02. The maximum atomic E-state index is 12.2. The van der Waals surface area contributed by atoms with E-state index in [0.717, 1.165) is 24.6 Å². The van der Waals surface area contributed by atoms with Crippen LogP contribution in [0.4, 0.5) is 0 Å². The predicted molar refractivity (Wildman–Crippen MR) is 84.2 cm³/mol. The first-order chi connectivity index (χ1) is 9.54. The summed E-state index contributed by atoms with van der Waals surface area (Å²) in [6, 6.07) is 4.50. The van der Waals surface area contributed by atoms with Crippen molar-refractivity contribution in [3.8, 4) is 0 Å². The van der Waals surface area contributed by atoms with Crippen LogP contribution in [0.25, 0.3) is 0 Å². The lowest BCUT2D eigenvalue weighted by molar-refractivity contribution is -0.150. The maximum absolute atomic E-state index is 12.2. The standard InChI is InChI=1S/C16H22BrNO2/c1-12-5-6-13(2)18(12)14-7-9-16(11-14,8-4-10-17)15(19)20-3/h5-7,9,14H,4,8,10-11H2,1-3H3/t14-,16+/m1/s1. The summed E-state index contributed by atoms with van der Waals surface area (Å²) in [7, 11) is 1.48. The van der Waals surface area contributed by atoms with Crippen LogP contribution in [0.5, 0.6) is 0 Å².